The number of aromatic nitrogens is 2. The molecule has 0 saturated heterocycles. The fourth-order valence-corrected chi connectivity index (χ4v) is 4.12. The number of alkyl halides is 2. The van der Waals surface area contributed by atoms with Crippen LogP contribution in [0.15, 0.2) is 59.9 Å². The van der Waals surface area contributed by atoms with Gasteiger partial charge in [-0.1, -0.05) is 28.1 Å². The fraction of sp³-hybridized carbons (Fsp3) is 0.250. The molecule has 1 aromatic heterocycles. The molecule has 190 valence electrons. The van der Waals surface area contributed by atoms with Crippen molar-refractivity contribution in [2.75, 3.05) is 5.32 Å². The average molecular weight is 567 g/mol. The van der Waals surface area contributed by atoms with E-state index in [1.165, 1.54) is 50.5 Å². The number of hydrogen-bond acceptors (Lipinski definition) is 7. The zero-order valence-electron chi connectivity index (χ0n) is 19.2. The van der Waals surface area contributed by atoms with E-state index < -0.39 is 34.7 Å². The van der Waals surface area contributed by atoms with Crippen molar-refractivity contribution in [3.8, 4) is 16.9 Å². The first-order valence-corrected chi connectivity index (χ1v) is 11.4. The molecule has 3 rings (SSSR count). The number of nitrogens with zero attached hydrogens (tertiary/aromatic N) is 3. The first-order chi connectivity index (χ1) is 16.9. The van der Waals surface area contributed by atoms with Crippen LogP contribution in [0.2, 0.25) is 0 Å². The van der Waals surface area contributed by atoms with Gasteiger partial charge >= 0.3 is 6.61 Å². The van der Waals surface area contributed by atoms with Gasteiger partial charge in [-0.2, -0.15) is 8.78 Å². The van der Waals surface area contributed by atoms with Crippen LogP contribution in [0, 0.1) is 15.9 Å². The molecular weight excluding hydrogens is 545 g/mol. The van der Waals surface area contributed by atoms with Crippen LogP contribution in [-0.4, -0.2) is 26.6 Å². The monoisotopic (exact) mass is 566 g/mol. The third-order valence-corrected chi connectivity index (χ3v) is 5.79. The van der Waals surface area contributed by atoms with Crippen LogP contribution in [0.5, 0.6) is 5.75 Å². The van der Waals surface area contributed by atoms with Crippen LogP contribution in [0.3, 0.4) is 0 Å². The number of benzene rings is 2. The van der Waals surface area contributed by atoms with Crippen molar-refractivity contribution in [2.24, 2.45) is 0 Å². The Labute approximate surface area is 213 Å². The van der Waals surface area contributed by atoms with E-state index in [0.29, 0.717) is 4.47 Å². The summed E-state index contributed by atoms with van der Waals surface area (Å²) in [7, 11) is 0. The third-order valence-electron chi connectivity index (χ3n) is 5.10. The molecule has 0 saturated carbocycles. The molecule has 0 unspecified atom stereocenters. The Balaban J connectivity index is 2.11. The summed E-state index contributed by atoms with van der Waals surface area (Å²) >= 11 is 3.32. The number of anilines is 1. The number of hydrogen-bond donors (Lipinski definition) is 2. The molecule has 0 fully saturated rings. The molecule has 0 aliphatic heterocycles. The van der Waals surface area contributed by atoms with E-state index in [2.05, 4.69) is 42.5 Å². The quantitative estimate of drug-likeness (QED) is 0.163. The SMILES string of the molecule is C=CC[C@@H](Nc1cc(-c2cnc(C(C)(C)O)nc2)c(F)cc1[N+](=O)[O-])c1c(Br)cccc1OC(F)F. The minimum Gasteiger partial charge on any atom is -0.434 e. The highest BCUT2D eigenvalue weighted by molar-refractivity contribution is 9.10. The molecular formula is C24H22BrF3N4O4. The zero-order chi connectivity index (χ0) is 26.6. The molecule has 0 bridgehead atoms. The zero-order valence-corrected chi connectivity index (χ0v) is 20.8. The van der Waals surface area contributed by atoms with Gasteiger partial charge in [-0.3, -0.25) is 10.1 Å². The van der Waals surface area contributed by atoms with E-state index in [0.717, 1.165) is 6.07 Å². The van der Waals surface area contributed by atoms with Crippen LogP contribution in [0.4, 0.5) is 24.5 Å². The average Bonchev–Trinajstić information content (AvgIpc) is 2.79. The molecule has 8 nitrogen and oxygen atoms in total. The van der Waals surface area contributed by atoms with Crippen LogP contribution in [0.25, 0.3) is 11.1 Å². The predicted molar refractivity (Wildman–Crippen MR) is 131 cm³/mol. The highest BCUT2D eigenvalue weighted by Crippen LogP contribution is 2.40. The molecule has 0 aliphatic rings. The smallest absolute Gasteiger partial charge is 0.387 e. The van der Waals surface area contributed by atoms with Crippen LogP contribution in [-0.2, 0) is 5.60 Å². The summed E-state index contributed by atoms with van der Waals surface area (Å²) in [6.07, 6.45) is 4.24. The summed E-state index contributed by atoms with van der Waals surface area (Å²) in [6.45, 7) is 3.56. The molecule has 2 N–H and O–H groups in total. The lowest BCUT2D eigenvalue weighted by Gasteiger charge is -2.23. The molecule has 2 aromatic carbocycles. The third kappa shape index (κ3) is 6.18. The second-order valence-corrected chi connectivity index (χ2v) is 9.07. The van der Waals surface area contributed by atoms with Gasteiger partial charge in [0, 0.05) is 33.6 Å². The maximum absolute atomic E-state index is 14.9. The molecule has 0 radical (unpaired) electrons. The Hall–Kier alpha value is -3.51. The van der Waals surface area contributed by atoms with Crippen molar-refractivity contribution < 1.29 is 27.9 Å². The van der Waals surface area contributed by atoms with Gasteiger partial charge in [0.25, 0.3) is 5.69 Å². The minimum absolute atomic E-state index is 0.0427. The Morgan fingerprint density at radius 2 is 1.97 bits per heavy atom. The first-order valence-electron chi connectivity index (χ1n) is 10.6. The minimum atomic E-state index is -3.10. The lowest BCUT2D eigenvalue weighted by Crippen LogP contribution is -2.19. The van der Waals surface area contributed by atoms with E-state index >= 15 is 0 Å². The molecule has 3 aromatic rings. The summed E-state index contributed by atoms with van der Waals surface area (Å²) in [4.78, 5) is 19.1. The molecule has 1 atom stereocenters. The molecule has 1 heterocycles. The van der Waals surface area contributed by atoms with Crippen LogP contribution >= 0.6 is 15.9 Å². The summed E-state index contributed by atoms with van der Waals surface area (Å²) < 4.78 is 46.1. The number of rotatable bonds is 10. The van der Waals surface area contributed by atoms with E-state index in [1.54, 1.807) is 6.07 Å². The number of halogens is 4. The summed E-state index contributed by atoms with van der Waals surface area (Å²) in [6, 6.07) is 5.62. The van der Waals surface area contributed by atoms with Gasteiger partial charge in [0.2, 0.25) is 0 Å². The van der Waals surface area contributed by atoms with Gasteiger partial charge in [-0.05, 0) is 38.5 Å². The molecule has 0 spiro atoms. The van der Waals surface area contributed by atoms with Crippen molar-refractivity contribution in [3.05, 3.63) is 87.2 Å². The van der Waals surface area contributed by atoms with E-state index in [4.69, 9.17) is 0 Å². The van der Waals surface area contributed by atoms with Crippen LogP contribution < -0.4 is 10.1 Å². The van der Waals surface area contributed by atoms with Gasteiger partial charge in [0.15, 0.2) is 5.82 Å². The maximum atomic E-state index is 14.9. The van der Waals surface area contributed by atoms with Gasteiger partial charge in [-0.15, -0.1) is 6.58 Å². The van der Waals surface area contributed by atoms with Gasteiger partial charge in [0.1, 0.15) is 22.9 Å². The van der Waals surface area contributed by atoms with Crippen LogP contribution in [0.1, 0.15) is 37.7 Å². The molecule has 0 amide bonds. The van der Waals surface area contributed by atoms with E-state index in [9.17, 15) is 28.4 Å². The number of nitrogens with one attached hydrogen (secondary N) is 1. The number of ether oxygens (including phenoxy) is 1. The molecule has 36 heavy (non-hydrogen) atoms. The van der Waals surface area contributed by atoms with Crippen molar-refractivity contribution in [2.45, 2.75) is 38.5 Å². The Morgan fingerprint density at radius 1 is 1.31 bits per heavy atom. The number of aliphatic hydroxyl groups is 1. The normalized spacial score (nSPS) is 12.3. The van der Waals surface area contributed by atoms with Crippen molar-refractivity contribution in [3.63, 3.8) is 0 Å². The Kier molecular flexibility index (Phi) is 8.31. The van der Waals surface area contributed by atoms with Gasteiger partial charge < -0.3 is 15.2 Å². The topological polar surface area (TPSA) is 110 Å². The standard InChI is InChI=1S/C24H22BrF3N4O4/c1-4-6-17(21-15(25)7-5-8-20(21)36-23(27)28)31-18-9-14(16(26)10-19(18)32(34)35)13-11-29-22(30-12-13)24(2,3)33/h4-5,7-12,17,23,31,33H,1,6H2,2-3H3/t17-/m1/s1. The van der Waals surface area contributed by atoms with Gasteiger partial charge in [0.05, 0.1) is 17.0 Å². The lowest BCUT2D eigenvalue weighted by atomic mass is 10.0. The van der Waals surface area contributed by atoms with E-state index in [1.807, 2.05) is 0 Å². The predicted octanol–water partition coefficient (Wildman–Crippen LogP) is 6.51. The highest BCUT2D eigenvalue weighted by atomic mass is 79.9. The van der Waals surface area contributed by atoms with E-state index in [-0.39, 0.29) is 40.4 Å². The van der Waals surface area contributed by atoms with Crippen molar-refractivity contribution in [1.82, 2.24) is 9.97 Å². The number of nitro benzene ring substituents is 1. The summed E-state index contributed by atoms with van der Waals surface area (Å²) in [5.74, 6) is -0.924. The fourth-order valence-electron chi connectivity index (χ4n) is 3.49. The number of nitro groups is 1. The van der Waals surface area contributed by atoms with Crippen molar-refractivity contribution >= 4 is 27.3 Å². The largest absolute Gasteiger partial charge is 0.434 e. The summed E-state index contributed by atoms with van der Waals surface area (Å²) in [5, 5.41) is 24.7. The first kappa shape index (κ1) is 27.1. The van der Waals surface area contributed by atoms with Crippen molar-refractivity contribution in [1.29, 1.82) is 0 Å². The van der Waals surface area contributed by atoms with Gasteiger partial charge in [-0.25, -0.2) is 14.4 Å². The second kappa shape index (κ2) is 11.0. The maximum Gasteiger partial charge on any atom is 0.387 e. The molecule has 12 heteroatoms. The second-order valence-electron chi connectivity index (χ2n) is 8.21. The Morgan fingerprint density at radius 3 is 2.53 bits per heavy atom. The summed E-state index contributed by atoms with van der Waals surface area (Å²) in [5.41, 5.74) is -1.52. The Bertz CT molecular complexity index is 1270. The molecule has 0 aliphatic carbocycles. The highest BCUT2D eigenvalue weighted by Gasteiger charge is 2.26. The lowest BCUT2D eigenvalue weighted by molar-refractivity contribution is -0.384.